The zero-order valence-electron chi connectivity index (χ0n) is 16.9. The maximum absolute atomic E-state index is 12.7. The molecular formula is C26H22N2O3. The molecule has 31 heavy (non-hydrogen) atoms. The quantitative estimate of drug-likeness (QED) is 0.473. The number of fused-ring (bicyclic) bond motifs is 2. The molecule has 1 aromatic heterocycles. The van der Waals surface area contributed by atoms with Crippen molar-refractivity contribution >= 4 is 22.8 Å². The fourth-order valence-electron chi connectivity index (χ4n) is 4.14. The van der Waals surface area contributed by atoms with Gasteiger partial charge in [0.05, 0.1) is 5.56 Å². The SMILES string of the molecule is O=C(NCCc1c[nH]c2ccccc12)c1ccc2c(c1)C[C@@H](c1ccccc1)OC2=O. The molecule has 1 atom stereocenters. The van der Waals surface area contributed by atoms with Crippen LogP contribution in [0, 0.1) is 0 Å². The molecule has 154 valence electrons. The van der Waals surface area contributed by atoms with Crippen molar-refractivity contribution < 1.29 is 14.3 Å². The van der Waals surface area contributed by atoms with Crippen LogP contribution in [0.2, 0.25) is 0 Å². The Morgan fingerprint density at radius 2 is 1.84 bits per heavy atom. The van der Waals surface area contributed by atoms with Crippen molar-refractivity contribution in [3.05, 3.63) is 107 Å². The van der Waals surface area contributed by atoms with Crippen molar-refractivity contribution in [1.82, 2.24) is 10.3 Å². The lowest BCUT2D eigenvalue weighted by Crippen LogP contribution is -2.27. The highest BCUT2D eigenvalue weighted by Gasteiger charge is 2.28. The van der Waals surface area contributed by atoms with Crippen LogP contribution < -0.4 is 5.32 Å². The summed E-state index contributed by atoms with van der Waals surface area (Å²) in [6.45, 7) is 0.534. The Labute approximate surface area is 180 Å². The van der Waals surface area contributed by atoms with Gasteiger partial charge in [-0.05, 0) is 47.4 Å². The van der Waals surface area contributed by atoms with Crippen molar-refractivity contribution in [3.8, 4) is 0 Å². The van der Waals surface area contributed by atoms with Gasteiger partial charge in [0.15, 0.2) is 0 Å². The van der Waals surface area contributed by atoms with Crippen LogP contribution in [0.4, 0.5) is 0 Å². The number of carbonyl (C=O) groups excluding carboxylic acids is 2. The number of nitrogens with one attached hydrogen (secondary N) is 2. The largest absolute Gasteiger partial charge is 0.454 e. The van der Waals surface area contributed by atoms with Gasteiger partial charge in [0.1, 0.15) is 6.10 Å². The molecule has 0 radical (unpaired) electrons. The molecule has 1 aliphatic heterocycles. The molecule has 4 aromatic rings. The first-order chi connectivity index (χ1) is 15.2. The number of hydrogen-bond donors (Lipinski definition) is 2. The van der Waals surface area contributed by atoms with Gasteiger partial charge in [-0.3, -0.25) is 4.79 Å². The standard InChI is InChI=1S/C26H22N2O3/c29-25(27-13-12-19-16-28-23-9-5-4-8-21(19)23)18-10-11-22-20(14-18)15-24(31-26(22)30)17-6-2-1-3-7-17/h1-11,14,16,24,28H,12-13,15H2,(H,27,29)/t24-/m0/s1. The topological polar surface area (TPSA) is 71.2 Å². The zero-order chi connectivity index (χ0) is 21.2. The molecule has 1 amide bonds. The number of para-hydroxylation sites is 1. The average Bonchev–Trinajstić information content (AvgIpc) is 3.22. The van der Waals surface area contributed by atoms with E-state index in [1.54, 1.807) is 12.1 Å². The molecular weight excluding hydrogens is 388 g/mol. The van der Waals surface area contributed by atoms with Crippen LogP contribution in [-0.4, -0.2) is 23.4 Å². The third-order valence-electron chi connectivity index (χ3n) is 5.77. The minimum Gasteiger partial charge on any atom is -0.454 e. The molecule has 0 spiro atoms. The summed E-state index contributed by atoms with van der Waals surface area (Å²) >= 11 is 0. The van der Waals surface area contributed by atoms with E-state index < -0.39 is 0 Å². The van der Waals surface area contributed by atoms with Crippen LogP contribution in [0.15, 0.2) is 79.0 Å². The number of hydrogen-bond acceptors (Lipinski definition) is 3. The normalized spacial score (nSPS) is 15.4. The molecule has 5 nitrogen and oxygen atoms in total. The fourth-order valence-corrected chi connectivity index (χ4v) is 4.14. The third kappa shape index (κ3) is 3.82. The van der Waals surface area contributed by atoms with Crippen LogP contribution in [-0.2, 0) is 17.6 Å². The molecule has 0 bridgehead atoms. The predicted molar refractivity (Wildman–Crippen MR) is 119 cm³/mol. The Balaban J connectivity index is 1.28. The molecule has 0 saturated heterocycles. The van der Waals surface area contributed by atoms with E-state index >= 15 is 0 Å². The molecule has 5 rings (SSSR count). The maximum Gasteiger partial charge on any atom is 0.339 e. The number of ether oxygens (including phenoxy) is 1. The number of H-pyrrole nitrogens is 1. The number of carbonyl (C=O) groups is 2. The van der Waals surface area contributed by atoms with E-state index in [0.29, 0.717) is 24.1 Å². The van der Waals surface area contributed by atoms with Gasteiger partial charge >= 0.3 is 5.97 Å². The minimum absolute atomic E-state index is 0.141. The highest BCUT2D eigenvalue weighted by atomic mass is 16.5. The summed E-state index contributed by atoms with van der Waals surface area (Å²) < 4.78 is 5.60. The molecule has 0 fully saturated rings. The van der Waals surface area contributed by atoms with Crippen molar-refractivity contribution in [2.24, 2.45) is 0 Å². The lowest BCUT2D eigenvalue weighted by molar-refractivity contribution is 0.0252. The van der Waals surface area contributed by atoms with E-state index in [-0.39, 0.29) is 18.0 Å². The van der Waals surface area contributed by atoms with Gasteiger partial charge in [-0.25, -0.2) is 4.79 Å². The first kappa shape index (κ1) is 19.1. The van der Waals surface area contributed by atoms with E-state index in [1.165, 1.54) is 10.9 Å². The monoisotopic (exact) mass is 410 g/mol. The second-order valence-electron chi connectivity index (χ2n) is 7.75. The van der Waals surface area contributed by atoms with E-state index in [2.05, 4.69) is 16.4 Å². The van der Waals surface area contributed by atoms with Gasteiger partial charge < -0.3 is 15.0 Å². The summed E-state index contributed by atoms with van der Waals surface area (Å²) in [6.07, 6.45) is 2.96. The van der Waals surface area contributed by atoms with Gasteiger partial charge in [0, 0.05) is 35.6 Å². The lowest BCUT2D eigenvalue weighted by atomic mass is 9.93. The van der Waals surface area contributed by atoms with Crippen molar-refractivity contribution in [2.75, 3.05) is 6.54 Å². The number of aromatic amines is 1. The summed E-state index contributed by atoms with van der Waals surface area (Å²) in [4.78, 5) is 28.4. The Kier molecular flexibility index (Phi) is 5.00. The van der Waals surface area contributed by atoms with Crippen molar-refractivity contribution in [1.29, 1.82) is 0 Å². The predicted octanol–water partition coefficient (Wildman–Crippen LogP) is 4.59. The van der Waals surface area contributed by atoms with Gasteiger partial charge in [0.25, 0.3) is 5.91 Å². The Hall–Kier alpha value is -3.86. The Morgan fingerprint density at radius 1 is 1.03 bits per heavy atom. The maximum atomic E-state index is 12.7. The fraction of sp³-hybridized carbons (Fsp3) is 0.154. The number of amides is 1. The van der Waals surface area contributed by atoms with Gasteiger partial charge in [-0.1, -0.05) is 48.5 Å². The minimum atomic E-state index is -0.346. The molecule has 3 aromatic carbocycles. The number of benzene rings is 3. The average molecular weight is 410 g/mol. The van der Waals surface area contributed by atoms with E-state index in [4.69, 9.17) is 4.74 Å². The number of rotatable bonds is 5. The van der Waals surface area contributed by atoms with Crippen molar-refractivity contribution in [2.45, 2.75) is 18.9 Å². The smallest absolute Gasteiger partial charge is 0.339 e. The first-order valence-electron chi connectivity index (χ1n) is 10.4. The zero-order valence-corrected chi connectivity index (χ0v) is 16.9. The number of esters is 1. The molecule has 5 heteroatoms. The van der Waals surface area contributed by atoms with E-state index in [1.807, 2.05) is 60.8 Å². The van der Waals surface area contributed by atoms with E-state index in [9.17, 15) is 9.59 Å². The summed E-state index contributed by atoms with van der Waals surface area (Å²) in [5.74, 6) is -0.487. The molecule has 1 aliphatic rings. The second-order valence-corrected chi connectivity index (χ2v) is 7.75. The lowest BCUT2D eigenvalue weighted by Gasteiger charge is -2.25. The molecule has 0 unspecified atom stereocenters. The van der Waals surface area contributed by atoms with Gasteiger partial charge in [-0.15, -0.1) is 0 Å². The highest BCUT2D eigenvalue weighted by Crippen LogP contribution is 2.31. The molecule has 2 heterocycles. The number of aromatic nitrogens is 1. The highest BCUT2D eigenvalue weighted by molar-refractivity contribution is 5.97. The summed E-state index contributed by atoms with van der Waals surface area (Å²) in [5, 5.41) is 4.17. The van der Waals surface area contributed by atoms with Gasteiger partial charge in [0.2, 0.25) is 0 Å². The van der Waals surface area contributed by atoms with E-state index in [0.717, 1.165) is 23.1 Å². The first-order valence-corrected chi connectivity index (χ1v) is 10.4. The molecule has 0 saturated carbocycles. The summed E-state index contributed by atoms with van der Waals surface area (Å²) in [7, 11) is 0. The summed E-state index contributed by atoms with van der Waals surface area (Å²) in [6, 6.07) is 23.0. The molecule has 2 N–H and O–H groups in total. The second kappa shape index (κ2) is 8.11. The van der Waals surface area contributed by atoms with Crippen LogP contribution in [0.5, 0.6) is 0 Å². The van der Waals surface area contributed by atoms with Crippen LogP contribution in [0.3, 0.4) is 0 Å². The van der Waals surface area contributed by atoms with Crippen LogP contribution >= 0.6 is 0 Å². The Bertz CT molecular complexity index is 1260. The van der Waals surface area contributed by atoms with Crippen LogP contribution in [0.1, 0.15) is 43.5 Å². The summed E-state index contributed by atoms with van der Waals surface area (Å²) in [5.41, 5.74) is 5.15. The van der Waals surface area contributed by atoms with Crippen molar-refractivity contribution in [3.63, 3.8) is 0 Å². The third-order valence-corrected chi connectivity index (χ3v) is 5.77. The Morgan fingerprint density at radius 3 is 2.71 bits per heavy atom. The van der Waals surface area contributed by atoms with Crippen LogP contribution in [0.25, 0.3) is 10.9 Å². The number of cyclic esters (lactones) is 1. The molecule has 0 aliphatic carbocycles. The van der Waals surface area contributed by atoms with Gasteiger partial charge in [-0.2, -0.15) is 0 Å².